The first kappa shape index (κ1) is 36.1. The summed E-state index contributed by atoms with van der Waals surface area (Å²) in [5.74, 6) is -2.47. The van der Waals surface area contributed by atoms with Gasteiger partial charge in [0.15, 0.2) is 0 Å². The van der Waals surface area contributed by atoms with Crippen molar-refractivity contribution in [3.8, 4) is 5.75 Å². The van der Waals surface area contributed by atoms with Gasteiger partial charge >= 0.3 is 12.1 Å². The van der Waals surface area contributed by atoms with Crippen LogP contribution in [0.4, 0.5) is 4.79 Å². The average Bonchev–Trinajstić information content (AvgIpc) is 2.89. The van der Waals surface area contributed by atoms with E-state index in [2.05, 4.69) is 10.6 Å². The largest absolute Gasteiger partial charge is 0.507 e. The molecule has 0 aliphatic rings. The van der Waals surface area contributed by atoms with Gasteiger partial charge in [0.05, 0.1) is 6.61 Å². The summed E-state index contributed by atoms with van der Waals surface area (Å²) in [6, 6.07) is 9.11. The van der Waals surface area contributed by atoms with Crippen LogP contribution in [0.25, 0.3) is 0 Å². The molecule has 2 aromatic rings. The van der Waals surface area contributed by atoms with E-state index < -0.39 is 65.9 Å². The number of benzene rings is 2. The third kappa shape index (κ3) is 10.6. The number of para-hydroxylation sites is 1. The smallest absolute Gasteiger partial charge is 0.408 e. The number of hydrogen-bond acceptors (Lipinski definition) is 8. The monoisotopic (exact) mass is 613 g/mol. The SMILES string of the molecule is Cc1cccc(C(C(=O)NC(Cc2ccccc2)C(=O)OC(C)(C)C)N(C(=O)C(CO)NC(=O)OC(C)(C)C)C(C)C)c1O. The van der Waals surface area contributed by atoms with Crippen LogP contribution in [0.2, 0.25) is 0 Å². The van der Waals surface area contributed by atoms with Crippen molar-refractivity contribution in [2.24, 2.45) is 0 Å². The Morgan fingerprint density at radius 1 is 0.841 bits per heavy atom. The third-order valence-corrected chi connectivity index (χ3v) is 6.36. The number of esters is 1. The van der Waals surface area contributed by atoms with Gasteiger partial charge in [-0.3, -0.25) is 9.59 Å². The van der Waals surface area contributed by atoms with Gasteiger partial charge in [0.2, 0.25) is 11.8 Å². The van der Waals surface area contributed by atoms with E-state index in [-0.39, 0.29) is 17.7 Å². The molecule has 3 atom stereocenters. The van der Waals surface area contributed by atoms with Crippen molar-refractivity contribution in [2.45, 2.75) is 104 Å². The first-order valence-corrected chi connectivity index (χ1v) is 14.6. The average molecular weight is 614 g/mol. The molecular formula is C33H47N3O8. The first-order chi connectivity index (χ1) is 20.3. The number of ether oxygens (including phenoxy) is 2. The van der Waals surface area contributed by atoms with Gasteiger partial charge in [-0.1, -0.05) is 48.5 Å². The first-order valence-electron chi connectivity index (χ1n) is 14.6. The summed E-state index contributed by atoms with van der Waals surface area (Å²) in [6.45, 7) is 14.3. The molecule has 0 radical (unpaired) electrons. The number of amides is 3. The number of aromatic hydroxyl groups is 1. The summed E-state index contributed by atoms with van der Waals surface area (Å²) >= 11 is 0. The summed E-state index contributed by atoms with van der Waals surface area (Å²) in [7, 11) is 0. The van der Waals surface area contributed by atoms with Gasteiger partial charge in [-0.2, -0.15) is 0 Å². The summed E-state index contributed by atoms with van der Waals surface area (Å²) in [5, 5.41) is 26.3. The van der Waals surface area contributed by atoms with Gasteiger partial charge in [-0.05, 0) is 73.4 Å². The molecule has 44 heavy (non-hydrogen) atoms. The molecule has 0 aliphatic heterocycles. The van der Waals surface area contributed by atoms with Crippen molar-refractivity contribution in [2.75, 3.05) is 6.61 Å². The van der Waals surface area contributed by atoms with E-state index in [9.17, 15) is 29.4 Å². The molecule has 0 bridgehead atoms. The molecule has 0 saturated carbocycles. The van der Waals surface area contributed by atoms with Gasteiger partial charge < -0.3 is 35.2 Å². The second kappa shape index (κ2) is 15.1. The standard InChI is InChI=1S/C33H47N3O8/c1-20(2)36(29(40)25(19-37)35-31(42)44-33(7,8)9)26(23-17-13-14-21(3)27(23)38)28(39)34-24(30(41)43-32(4,5)6)18-22-15-11-10-12-16-22/h10-17,20,24-26,37-38H,18-19H2,1-9H3,(H,34,39)(H,35,42). The predicted molar refractivity (Wildman–Crippen MR) is 166 cm³/mol. The molecule has 3 amide bonds. The van der Waals surface area contributed by atoms with Gasteiger partial charge in [-0.25, -0.2) is 9.59 Å². The molecule has 11 nitrogen and oxygen atoms in total. The Hall–Kier alpha value is -4.12. The third-order valence-electron chi connectivity index (χ3n) is 6.36. The van der Waals surface area contributed by atoms with Gasteiger partial charge in [-0.15, -0.1) is 0 Å². The number of rotatable bonds is 11. The number of alkyl carbamates (subject to hydrolysis) is 1. The fourth-order valence-electron chi connectivity index (χ4n) is 4.48. The van der Waals surface area contributed by atoms with Crippen molar-refractivity contribution in [3.63, 3.8) is 0 Å². The number of carbonyl (C=O) groups excluding carboxylic acids is 4. The Bertz CT molecular complexity index is 1300. The minimum Gasteiger partial charge on any atom is -0.507 e. The van der Waals surface area contributed by atoms with Crippen LogP contribution in [-0.4, -0.2) is 74.9 Å². The maximum atomic E-state index is 14.3. The van der Waals surface area contributed by atoms with Gasteiger partial charge in [0, 0.05) is 18.0 Å². The number of phenolic OH excluding ortho intramolecular Hbond substituents is 1. The van der Waals surface area contributed by atoms with Crippen LogP contribution in [0.1, 0.15) is 78.1 Å². The Morgan fingerprint density at radius 2 is 1.43 bits per heavy atom. The van der Waals surface area contributed by atoms with E-state index in [0.29, 0.717) is 5.56 Å². The fraction of sp³-hybridized carbons (Fsp3) is 0.515. The number of carbonyl (C=O) groups is 4. The minimum absolute atomic E-state index is 0.0983. The molecule has 0 aliphatic carbocycles. The molecule has 0 saturated heterocycles. The highest BCUT2D eigenvalue weighted by atomic mass is 16.6. The highest BCUT2D eigenvalue weighted by Crippen LogP contribution is 2.33. The lowest BCUT2D eigenvalue weighted by Crippen LogP contribution is -2.57. The number of aryl methyl sites for hydroxylation is 1. The van der Waals surface area contributed by atoms with Crippen molar-refractivity contribution in [1.29, 1.82) is 0 Å². The highest BCUT2D eigenvalue weighted by molar-refractivity contribution is 5.94. The summed E-state index contributed by atoms with van der Waals surface area (Å²) in [5.41, 5.74) is -0.392. The van der Waals surface area contributed by atoms with E-state index in [4.69, 9.17) is 9.47 Å². The van der Waals surface area contributed by atoms with Crippen molar-refractivity contribution in [1.82, 2.24) is 15.5 Å². The Labute approximate surface area is 259 Å². The summed E-state index contributed by atoms with van der Waals surface area (Å²) in [4.78, 5) is 55.3. The van der Waals surface area contributed by atoms with Crippen LogP contribution in [0, 0.1) is 6.92 Å². The van der Waals surface area contributed by atoms with E-state index in [1.165, 1.54) is 6.07 Å². The summed E-state index contributed by atoms with van der Waals surface area (Å²) < 4.78 is 10.9. The number of hydrogen-bond donors (Lipinski definition) is 4. The lowest BCUT2D eigenvalue weighted by molar-refractivity contribution is -0.159. The molecule has 2 aromatic carbocycles. The van der Waals surface area contributed by atoms with E-state index in [0.717, 1.165) is 10.5 Å². The zero-order valence-electron chi connectivity index (χ0n) is 27.1. The second-order valence-corrected chi connectivity index (χ2v) is 12.9. The highest BCUT2D eigenvalue weighted by Gasteiger charge is 2.40. The van der Waals surface area contributed by atoms with Crippen molar-refractivity contribution < 1.29 is 38.9 Å². The van der Waals surface area contributed by atoms with E-state index >= 15 is 0 Å². The predicted octanol–water partition coefficient (Wildman–Crippen LogP) is 3.93. The topological polar surface area (TPSA) is 154 Å². The maximum absolute atomic E-state index is 14.3. The lowest BCUT2D eigenvalue weighted by atomic mass is 9.97. The number of aliphatic hydroxyl groups excluding tert-OH is 1. The molecule has 0 heterocycles. The Balaban J connectivity index is 2.60. The van der Waals surface area contributed by atoms with Crippen molar-refractivity contribution >= 4 is 23.9 Å². The van der Waals surface area contributed by atoms with Crippen LogP contribution >= 0.6 is 0 Å². The Kier molecular flexibility index (Phi) is 12.3. The number of nitrogens with one attached hydrogen (secondary N) is 2. The van der Waals surface area contributed by atoms with Crippen LogP contribution in [-0.2, 0) is 30.3 Å². The molecule has 0 fully saturated rings. The molecule has 2 rings (SSSR count). The van der Waals surface area contributed by atoms with Crippen molar-refractivity contribution in [3.05, 3.63) is 65.2 Å². The number of phenols is 1. The van der Waals surface area contributed by atoms with E-state index in [1.807, 2.05) is 30.3 Å². The van der Waals surface area contributed by atoms with Crippen LogP contribution in [0.3, 0.4) is 0 Å². The Morgan fingerprint density at radius 3 is 1.95 bits per heavy atom. The molecule has 3 unspecified atom stereocenters. The molecule has 0 aromatic heterocycles. The van der Waals surface area contributed by atoms with Crippen LogP contribution < -0.4 is 10.6 Å². The lowest BCUT2D eigenvalue weighted by Gasteiger charge is -2.37. The normalized spacial score (nSPS) is 13.8. The fourth-order valence-corrected chi connectivity index (χ4v) is 4.48. The molecular weight excluding hydrogens is 566 g/mol. The zero-order valence-corrected chi connectivity index (χ0v) is 27.1. The zero-order chi connectivity index (χ0) is 33.4. The number of aliphatic hydroxyl groups is 1. The molecule has 11 heteroatoms. The van der Waals surface area contributed by atoms with Gasteiger partial charge in [0.25, 0.3) is 0 Å². The quantitative estimate of drug-likeness (QED) is 0.278. The minimum atomic E-state index is -1.47. The molecule has 4 N–H and O–H groups in total. The summed E-state index contributed by atoms with van der Waals surface area (Å²) in [6.07, 6.45) is -0.829. The van der Waals surface area contributed by atoms with Crippen LogP contribution in [0.15, 0.2) is 48.5 Å². The van der Waals surface area contributed by atoms with E-state index in [1.54, 1.807) is 74.4 Å². The molecule has 242 valence electrons. The van der Waals surface area contributed by atoms with Crippen LogP contribution in [0.5, 0.6) is 5.75 Å². The maximum Gasteiger partial charge on any atom is 0.408 e. The van der Waals surface area contributed by atoms with Gasteiger partial charge in [0.1, 0.15) is 35.1 Å². The number of nitrogens with zero attached hydrogens (tertiary/aromatic N) is 1. The molecule has 0 spiro atoms. The second-order valence-electron chi connectivity index (χ2n) is 12.9.